The molecular weight excluding hydrogens is 258 g/mol. The quantitative estimate of drug-likeness (QED) is 0.228. The second-order valence-corrected chi connectivity index (χ2v) is 5.33. The van der Waals surface area contributed by atoms with Crippen LogP contribution in [0.3, 0.4) is 0 Å². The normalized spacial score (nSPS) is 19.9. The van der Waals surface area contributed by atoms with Crippen molar-refractivity contribution in [1.29, 1.82) is 0 Å². The zero-order valence-corrected chi connectivity index (χ0v) is 12.4. The van der Waals surface area contributed by atoms with E-state index in [4.69, 9.17) is 15.7 Å². The van der Waals surface area contributed by atoms with Gasteiger partial charge in [0.1, 0.15) is 5.54 Å². The Morgan fingerprint density at radius 2 is 1.90 bits per heavy atom. The molecule has 0 radical (unpaired) electrons. The second-order valence-electron chi connectivity index (χ2n) is 5.33. The van der Waals surface area contributed by atoms with Gasteiger partial charge in [0, 0.05) is 13.0 Å². The molecule has 6 heteroatoms. The molecule has 0 aromatic carbocycles. The average Bonchev–Trinajstić information content (AvgIpc) is 2.41. The monoisotopic (exact) mass is 285 g/mol. The fourth-order valence-electron chi connectivity index (χ4n) is 2.69. The minimum atomic E-state index is -0.696. The number of carbonyl (C=O) groups excluding carboxylic acids is 1. The van der Waals surface area contributed by atoms with Crippen LogP contribution in [0.25, 0.3) is 0 Å². The Hall–Kier alpha value is -1.30. The van der Waals surface area contributed by atoms with Gasteiger partial charge in [-0.1, -0.05) is 37.3 Å². The van der Waals surface area contributed by atoms with Crippen molar-refractivity contribution in [2.45, 2.75) is 63.8 Å². The van der Waals surface area contributed by atoms with Crippen LogP contribution < -0.4 is 11.1 Å². The average molecular weight is 285 g/mol. The minimum absolute atomic E-state index is 0.106. The fraction of sp³-hybridized carbons (Fsp3) is 0.857. The smallest absolute Gasteiger partial charge is 0.223 e. The van der Waals surface area contributed by atoms with E-state index in [1.54, 1.807) is 0 Å². The van der Waals surface area contributed by atoms with Gasteiger partial charge in [0.15, 0.2) is 5.84 Å². The van der Waals surface area contributed by atoms with Crippen molar-refractivity contribution in [3.05, 3.63) is 0 Å². The molecule has 0 spiro atoms. The van der Waals surface area contributed by atoms with Gasteiger partial charge >= 0.3 is 0 Å². The van der Waals surface area contributed by atoms with Crippen LogP contribution in [0, 0.1) is 0 Å². The zero-order valence-electron chi connectivity index (χ0n) is 12.4. The molecule has 1 saturated carbocycles. The molecule has 0 heterocycles. The maximum atomic E-state index is 12.0. The number of nitrogens with one attached hydrogen (secondary N) is 1. The number of rotatable bonds is 6. The molecule has 0 bridgehead atoms. The number of nitrogens with zero attached hydrogens (tertiary/aromatic N) is 1. The Labute approximate surface area is 120 Å². The van der Waals surface area contributed by atoms with E-state index in [1.807, 2.05) is 6.92 Å². The van der Waals surface area contributed by atoms with E-state index in [0.29, 0.717) is 19.6 Å². The molecule has 1 fully saturated rings. The highest BCUT2D eigenvalue weighted by molar-refractivity contribution is 5.93. The van der Waals surface area contributed by atoms with E-state index < -0.39 is 5.54 Å². The molecule has 20 heavy (non-hydrogen) atoms. The van der Waals surface area contributed by atoms with Crippen LogP contribution in [0.2, 0.25) is 0 Å². The lowest BCUT2D eigenvalue weighted by atomic mass is 9.82. The zero-order chi connectivity index (χ0) is 14.8. The molecule has 0 saturated heterocycles. The number of hydrogen-bond donors (Lipinski definition) is 3. The molecule has 0 aromatic rings. The summed E-state index contributed by atoms with van der Waals surface area (Å²) in [7, 11) is 0. The molecule has 0 unspecified atom stereocenters. The number of carbonyl (C=O) groups is 1. The van der Waals surface area contributed by atoms with Crippen LogP contribution in [0.5, 0.6) is 0 Å². The number of amidine groups is 1. The summed E-state index contributed by atoms with van der Waals surface area (Å²) in [6.45, 7) is 2.89. The SMILES string of the molecule is CCOCCC(=O)NC1(C(N)=NO)CCCCCCC1. The molecule has 1 amide bonds. The van der Waals surface area contributed by atoms with Gasteiger partial charge in [-0.25, -0.2) is 0 Å². The molecule has 0 aliphatic heterocycles. The highest BCUT2D eigenvalue weighted by Gasteiger charge is 2.36. The highest BCUT2D eigenvalue weighted by atomic mass is 16.5. The molecule has 4 N–H and O–H groups in total. The van der Waals surface area contributed by atoms with Gasteiger partial charge in [-0.2, -0.15) is 0 Å². The van der Waals surface area contributed by atoms with Gasteiger partial charge < -0.3 is 21.0 Å². The molecular formula is C14H27N3O3. The second kappa shape index (κ2) is 8.79. The Morgan fingerprint density at radius 3 is 2.45 bits per heavy atom. The summed E-state index contributed by atoms with van der Waals surface area (Å²) in [4.78, 5) is 12.0. The van der Waals surface area contributed by atoms with Gasteiger partial charge in [-0.05, 0) is 19.8 Å². The van der Waals surface area contributed by atoms with E-state index in [9.17, 15) is 4.79 Å². The maximum absolute atomic E-state index is 12.0. The van der Waals surface area contributed by atoms with Crippen LogP contribution in [0.15, 0.2) is 5.16 Å². The van der Waals surface area contributed by atoms with Crippen molar-refractivity contribution in [3.63, 3.8) is 0 Å². The number of amides is 1. The first kappa shape index (κ1) is 16.8. The van der Waals surface area contributed by atoms with Gasteiger partial charge in [0.05, 0.1) is 6.61 Å². The Kier molecular flexibility index (Phi) is 7.36. The van der Waals surface area contributed by atoms with Crippen LogP contribution in [0.1, 0.15) is 58.3 Å². The van der Waals surface area contributed by atoms with Crippen LogP contribution >= 0.6 is 0 Å². The van der Waals surface area contributed by atoms with Crippen molar-refractivity contribution < 1.29 is 14.7 Å². The maximum Gasteiger partial charge on any atom is 0.223 e. The van der Waals surface area contributed by atoms with Gasteiger partial charge in [-0.15, -0.1) is 0 Å². The van der Waals surface area contributed by atoms with Gasteiger partial charge in [0.2, 0.25) is 5.91 Å². The first-order valence-corrected chi connectivity index (χ1v) is 7.51. The van der Waals surface area contributed by atoms with Crippen LogP contribution in [-0.2, 0) is 9.53 Å². The summed E-state index contributed by atoms with van der Waals surface area (Å²) in [5.41, 5.74) is 5.16. The number of hydrogen-bond acceptors (Lipinski definition) is 4. The Morgan fingerprint density at radius 1 is 1.30 bits per heavy atom. The highest BCUT2D eigenvalue weighted by Crippen LogP contribution is 2.27. The summed E-state index contributed by atoms with van der Waals surface area (Å²) in [6.07, 6.45) is 7.15. The largest absolute Gasteiger partial charge is 0.409 e. The van der Waals surface area contributed by atoms with Crippen molar-refractivity contribution in [3.8, 4) is 0 Å². The topological polar surface area (TPSA) is 96.9 Å². The lowest BCUT2D eigenvalue weighted by Crippen LogP contribution is -2.58. The third-order valence-electron chi connectivity index (χ3n) is 3.86. The van der Waals surface area contributed by atoms with Crippen molar-refractivity contribution in [1.82, 2.24) is 5.32 Å². The standard InChI is InChI=1S/C14H27N3O3/c1-2-20-11-8-12(18)16-14(13(15)17-19)9-6-4-3-5-7-10-14/h19H,2-11H2,1H3,(H2,15,17)(H,16,18). The van der Waals surface area contributed by atoms with Crippen LogP contribution in [-0.4, -0.2) is 35.7 Å². The van der Waals surface area contributed by atoms with Gasteiger partial charge in [-0.3, -0.25) is 4.79 Å². The molecule has 1 aliphatic rings. The Bertz CT molecular complexity index is 324. The third kappa shape index (κ3) is 5.00. The molecule has 0 aromatic heterocycles. The third-order valence-corrected chi connectivity index (χ3v) is 3.86. The van der Waals surface area contributed by atoms with E-state index in [0.717, 1.165) is 38.5 Å². The minimum Gasteiger partial charge on any atom is -0.409 e. The van der Waals surface area contributed by atoms with E-state index in [1.165, 1.54) is 6.42 Å². The van der Waals surface area contributed by atoms with E-state index >= 15 is 0 Å². The summed E-state index contributed by atoms with van der Waals surface area (Å²) >= 11 is 0. The molecule has 1 aliphatic carbocycles. The first-order chi connectivity index (χ1) is 9.64. The van der Waals surface area contributed by atoms with Crippen molar-refractivity contribution >= 4 is 11.7 Å². The number of nitrogens with two attached hydrogens (primary N) is 1. The predicted molar refractivity (Wildman–Crippen MR) is 77.7 cm³/mol. The number of oxime groups is 1. The molecule has 6 nitrogen and oxygen atoms in total. The number of ether oxygens (including phenoxy) is 1. The predicted octanol–water partition coefficient (Wildman–Crippen LogP) is 1.76. The summed E-state index contributed by atoms with van der Waals surface area (Å²) in [6, 6.07) is 0. The summed E-state index contributed by atoms with van der Waals surface area (Å²) in [5.74, 6) is 0.00906. The Balaban J connectivity index is 2.69. The molecule has 1 rings (SSSR count). The van der Waals surface area contributed by atoms with Crippen molar-refractivity contribution in [2.24, 2.45) is 10.9 Å². The molecule has 0 atom stereocenters. The summed E-state index contributed by atoms with van der Waals surface area (Å²) < 4.78 is 5.19. The molecule has 116 valence electrons. The van der Waals surface area contributed by atoms with Crippen molar-refractivity contribution in [2.75, 3.05) is 13.2 Å². The van der Waals surface area contributed by atoms with E-state index in [2.05, 4.69) is 10.5 Å². The van der Waals surface area contributed by atoms with Gasteiger partial charge in [0.25, 0.3) is 0 Å². The van der Waals surface area contributed by atoms with Crippen LogP contribution in [0.4, 0.5) is 0 Å². The summed E-state index contributed by atoms with van der Waals surface area (Å²) in [5, 5.41) is 15.2. The lowest BCUT2D eigenvalue weighted by molar-refractivity contribution is -0.123. The lowest BCUT2D eigenvalue weighted by Gasteiger charge is -2.35. The van der Waals surface area contributed by atoms with E-state index in [-0.39, 0.29) is 11.7 Å². The fourth-order valence-corrected chi connectivity index (χ4v) is 2.69. The first-order valence-electron chi connectivity index (χ1n) is 7.51.